The van der Waals surface area contributed by atoms with E-state index in [9.17, 15) is 4.79 Å². The van der Waals surface area contributed by atoms with Crippen molar-refractivity contribution in [1.82, 2.24) is 9.47 Å². The Labute approximate surface area is 167 Å². The van der Waals surface area contributed by atoms with E-state index in [0.29, 0.717) is 6.54 Å². The van der Waals surface area contributed by atoms with Crippen molar-refractivity contribution in [3.8, 4) is 0 Å². The van der Waals surface area contributed by atoms with Gasteiger partial charge in [0.1, 0.15) is 5.82 Å². The Morgan fingerprint density at radius 3 is 2.46 bits per heavy atom. The molecular weight excluding hydrogens is 346 g/mol. The molecule has 2 heterocycles. The van der Waals surface area contributed by atoms with Crippen molar-refractivity contribution < 1.29 is 4.79 Å². The minimum atomic E-state index is 0.0785. The van der Waals surface area contributed by atoms with Gasteiger partial charge >= 0.3 is 0 Å². The molecule has 4 rings (SSSR count). The van der Waals surface area contributed by atoms with E-state index in [1.807, 2.05) is 6.07 Å². The molecule has 0 radical (unpaired) electrons. The number of benzene rings is 2. The molecule has 0 aliphatic carbocycles. The van der Waals surface area contributed by atoms with Crippen LogP contribution < -0.4 is 5.32 Å². The second kappa shape index (κ2) is 8.19. The van der Waals surface area contributed by atoms with E-state index in [-0.39, 0.29) is 5.91 Å². The van der Waals surface area contributed by atoms with Gasteiger partial charge in [0.2, 0.25) is 5.91 Å². The van der Waals surface area contributed by atoms with Gasteiger partial charge in [-0.25, -0.2) is 0 Å². The van der Waals surface area contributed by atoms with Gasteiger partial charge in [-0.15, -0.1) is 0 Å². The maximum absolute atomic E-state index is 12.8. The van der Waals surface area contributed by atoms with Crippen molar-refractivity contribution in [2.75, 3.05) is 25.0 Å². The number of aromatic nitrogens is 1. The molecule has 0 unspecified atom stereocenters. The quantitative estimate of drug-likeness (QED) is 0.704. The average Bonchev–Trinajstić information content (AvgIpc) is 2.97. The van der Waals surface area contributed by atoms with Gasteiger partial charge in [0.15, 0.2) is 0 Å². The highest BCUT2D eigenvalue weighted by molar-refractivity contribution is 5.98. The Morgan fingerprint density at radius 2 is 1.71 bits per heavy atom. The van der Waals surface area contributed by atoms with Crippen LogP contribution in [-0.4, -0.2) is 35.0 Å². The first kappa shape index (κ1) is 18.8. The Bertz CT molecular complexity index is 953. The number of amides is 1. The van der Waals surface area contributed by atoms with Crippen LogP contribution in [0.1, 0.15) is 30.9 Å². The average molecular weight is 376 g/mol. The number of hydrogen-bond acceptors (Lipinski definition) is 2. The fourth-order valence-electron chi connectivity index (χ4n) is 4.16. The molecule has 0 bridgehead atoms. The summed E-state index contributed by atoms with van der Waals surface area (Å²) in [5.74, 6) is 1.77. The highest BCUT2D eigenvalue weighted by atomic mass is 16.2. The first-order valence-electron chi connectivity index (χ1n) is 10.3. The second-order valence-electron chi connectivity index (χ2n) is 8.07. The van der Waals surface area contributed by atoms with Gasteiger partial charge in [0.25, 0.3) is 0 Å². The summed E-state index contributed by atoms with van der Waals surface area (Å²) in [6.45, 7) is 7.64. The van der Waals surface area contributed by atoms with Crippen LogP contribution in [0.5, 0.6) is 0 Å². The van der Waals surface area contributed by atoms with Crippen LogP contribution in [0.25, 0.3) is 10.9 Å². The van der Waals surface area contributed by atoms with E-state index in [1.54, 1.807) is 0 Å². The molecule has 0 atom stereocenters. The number of para-hydroxylation sites is 1. The van der Waals surface area contributed by atoms with Crippen LogP contribution in [0.2, 0.25) is 0 Å². The van der Waals surface area contributed by atoms with Crippen molar-refractivity contribution in [1.29, 1.82) is 0 Å². The Hall–Kier alpha value is -2.59. The lowest BCUT2D eigenvalue weighted by Crippen LogP contribution is -2.39. The fourth-order valence-corrected chi connectivity index (χ4v) is 4.16. The number of piperidine rings is 1. The third-order valence-electron chi connectivity index (χ3n) is 5.91. The number of anilines is 1. The monoisotopic (exact) mass is 375 g/mol. The summed E-state index contributed by atoms with van der Waals surface area (Å²) in [4.78, 5) is 15.1. The zero-order valence-electron chi connectivity index (χ0n) is 16.8. The molecule has 1 saturated heterocycles. The van der Waals surface area contributed by atoms with Crippen molar-refractivity contribution >= 4 is 22.6 Å². The SMILES string of the molecule is Cc1c(NC(=O)CN2CCC(C)CC2)n(Cc2ccccc2)c2ccccc12. The van der Waals surface area contributed by atoms with Gasteiger partial charge < -0.3 is 9.88 Å². The number of carbonyl (C=O) groups excluding carboxylic acids is 1. The molecule has 1 aliphatic rings. The van der Waals surface area contributed by atoms with Crippen molar-refractivity contribution in [2.24, 2.45) is 5.92 Å². The molecule has 4 nitrogen and oxygen atoms in total. The third-order valence-corrected chi connectivity index (χ3v) is 5.91. The molecule has 2 aromatic carbocycles. The number of likely N-dealkylation sites (tertiary alicyclic amines) is 1. The van der Waals surface area contributed by atoms with Crippen LogP contribution in [0.15, 0.2) is 54.6 Å². The van der Waals surface area contributed by atoms with Crippen LogP contribution in [0, 0.1) is 12.8 Å². The van der Waals surface area contributed by atoms with E-state index in [0.717, 1.165) is 42.5 Å². The predicted molar refractivity (Wildman–Crippen MR) is 116 cm³/mol. The molecular formula is C24H29N3O. The summed E-state index contributed by atoms with van der Waals surface area (Å²) >= 11 is 0. The number of hydrogen-bond donors (Lipinski definition) is 1. The summed E-state index contributed by atoms with van der Waals surface area (Å²) in [6, 6.07) is 18.8. The van der Waals surface area contributed by atoms with E-state index in [4.69, 9.17) is 0 Å². The fraction of sp³-hybridized carbons (Fsp3) is 0.375. The van der Waals surface area contributed by atoms with Gasteiger partial charge in [-0.2, -0.15) is 0 Å². The molecule has 1 fully saturated rings. The van der Waals surface area contributed by atoms with Gasteiger partial charge in [0.05, 0.1) is 12.1 Å². The lowest BCUT2D eigenvalue weighted by atomic mass is 9.99. The van der Waals surface area contributed by atoms with Gasteiger partial charge in [-0.3, -0.25) is 9.69 Å². The molecule has 1 aliphatic heterocycles. The summed E-state index contributed by atoms with van der Waals surface area (Å²) < 4.78 is 2.23. The maximum Gasteiger partial charge on any atom is 0.239 e. The van der Waals surface area contributed by atoms with Crippen molar-refractivity contribution in [2.45, 2.75) is 33.2 Å². The van der Waals surface area contributed by atoms with Crippen LogP contribution in [-0.2, 0) is 11.3 Å². The smallest absolute Gasteiger partial charge is 0.239 e. The molecule has 3 aromatic rings. The minimum Gasteiger partial charge on any atom is -0.323 e. The molecule has 146 valence electrons. The number of fused-ring (bicyclic) bond motifs is 1. The molecule has 1 aromatic heterocycles. The van der Waals surface area contributed by atoms with Crippen LogP contribution in [0.3, 0.4) is 0 Å². The summed E-state index contributed by atoms with van der Waals surface area (Å²) in [5, 5.41) is 4.42. The Kier molecular flexibility index (Phi) is 5.49. The number of aryl methyl sites for hydroxylation is 1. The number of nitrogens with zero attached hydrogens (tertiary/aromatic N) is 2. The van der Waals surface area contributed by atoms with Crippen LogP contribution in [0.4, 0.5) is 5.82 Å². The largest absolute Gasteiger partial charge is 0.323 e. The number of nitrogens with one attached hydrogen (secondary N) is 1. The second-order valence-corrected chi connectivity index (χ2v) is 8.07. The first-order chi connectivity index (χ1) is 13.6. The Morgan fingerprint density at radius 1 is 1.04 bits per heavy atom. The lowest BCUT2D eigenvalue weighted by Gasteiger charge is -2.29. The van der Waals surface area contributed by atoms with E-state index >= 15 is 0 Å². The molecule has 4 heteroatoms. The number of rotatable bonds is 5. The van der Waals surface area contributed by atoms with Gasteiger partial charge in [-0.1, -0.05) is 55.5 Å². The molecule has 1 amide bonds. The zero-order valence-corrected chi connectivity index (χ0v) is 16.8. The topological polar surface area (TPSA) is 37.3 Å². The summed E-state index contributed by atoms with van der Waals surface area (Å²) in [5.41, 5.74) is 3.52. The van der Waals surface area contributed by atoms with E-state index < -0.39 is 0 Å². The summed E-state index contributed by atoms with van der Waals surface area (Å²) in [7, 11) is 0. The van der Waals surface area contributed by atoms with Crippen LogP contribution >= 0.6 is 0 Å². The van der Waals surface area contributed by atoms with Crippen molar-refractivity contribution in [3.05, 3.63) is 65.7 Å². The third kappa shape index (κ3) is 3.97. The zero-order chi connectivity index (χ0) is 19.5. The molecule has 28 heavy (non-hydrogen) atoms. The standard InChI is InChI=1S/C24H29N3O/c1-18-12-14-26(15-13-18)17-23(28)25-24-19(2)21-10-6-7-11-22(21)27(24)16-20-8-4-3-5-9-20/h3-11,18H,12-17H2,1-2H3,(H,25,28). The number of carbonyl (C=O) groups is 1. The Balaban J connectivity index is 1.59. The van der Waals surface area contributed by atoms with E-state index in [1.165, 1.54) is 23.8 Å². The normalized spacial score (nSPS) is 15.8. The van der Waals surface area contributed by atoms with Gasteiger partial charge in [-0.05, 0) is 56.0 Å². The van der Waals surface area contributed by atoms with E-state index in [2.05, 4.69) is 77.2 Å². The molecule has 0 spiro atoms. The first-order valence-corrected chi connectivity index (χ1v) is 10.3. The maximum atomic E-state index is 12.8. The lowest BCUT2D eigenvalue weighted by molar-refractivity contribution is -0.117. The van der Waals surface area contributed by atoms with Crippen molar-refractivity contribution in [3.63, 3.8) is 0 Å². The highest BCUT2D eigenvalue weighted by Crippen LogP contribution is 2.30. The minimum absolute atomic E-state index is 0.0785. The predicted octanol–water partition coefficient (Wildman–Crippen LogP) is 4.67. The summed E-state index contributed by atoms with van der Waals surface area (Å²) in [6.07, 6.45) is 2.36. The highest BCUT2D eigenvalue weighted by Gasteiger charge is 2.20. The molecule has 1 N–H and O–H groups in total. The van der Waals surface area contributed by atoms with Gasteiger partial charge in [0, 0.05) is 11.9 Å². The molecule has 0 saturated carbocycles.